The number of hydrogen-bond donors (Lipinski definition) is 0. The molecule has 0 N–H and O–H groups in total. The third-order valence-electron chi connectivity index (χ3n) is 7.51. The van der Waals surface area contributed by atoms with Crippen LogP contribution in [0.2, 0.25) is 0 Å². The van der Waals surface area contributed by atoms with Crippen LogP contribution in [0.1, 0.15) is 0 Å². The van der Waals surface area contributed by atoms with Crippen LogP contribution >= 0.6 is 7.92 Å². The number of fused-ring (bicyclic) bond motifs is 10. The summed E-state index contributed by atoms with van der Waals surface area (Å²) in [5.41, 5.74) is 4.39. The topological polar surface area (TPSA) is 17.3 Å². The summed E-state index contributed by atoms with van der Waals surface area (Å²) in [4.78, 5) is 5.20. The Morgan fingerprint density at radius 2 is 1.13 bits per heavy atom. The fraction of sp³-hybridized carbons (Fsp3) is 0. The monoisotopic (exact) mass is 502 g/mol. The van der Waals surface area contributed by atoms with Crippen LogP contribution in [0, 0.1) is 0 Å². The minimum atomic E-state index is -0.709. The molecule has 2 heterocycles. The van der Waals surface area contributed by atoms with Crippen molar-refractivity contribution in [2.45, 2.75) is 0 Å². The van der Waals surface area contributed by atoms with Gasteiger partial charge in [-0.1, -0.05) is 121 Å². The van der Waals surface area contributed by atoms with Crippen molar-refractivity contribution in [3.63, 3.8) is 0 Å². The van der Waals surface area contributed by atoms with E-state index in [-0.39, 0.29) is 0 Å². The van der Waals surface area contributed by atoms with Gasteiger partial charge in [-0.2, -0.15) is 0 Å². The lowest BCUT2D eigenvalue weighted by Crippen LogP contribution is -2.20. The predicted molar refractivity (Wildman–Crippen MR) is 164 cm³/mol. The third kappa shape index (κ3) is 3.21. The maximum Gasteiger partial charge on any atom is 0.147 e. The molecule has 0 aliphatic rings. The molecular weight excluding hydrogens is 479 g/mol. The van der Waals surface area contributed by atoms with Gasteiger partial charge in [-0.3, -0.25) is 4.40 Å². The number of pyridine rings is 1. The Balaban J connectivity index is 1.53. The molecule has 6 aromatic carbocycles. The smallest absolute Gasteiger partial charge is 0.147 e. The first-order valence-corrected chi connectivity index (χ1v) is 14.3. The molecule has 178 valence electrons. The molecule has 0 unspecified atom stereocenters. The van der Waals surface area contributed by atoms with Crippen LogP contribution in [0.25, 0.3) is 49.1 Å². The highest BCUT2D eigenvalue weighted by Crippen LogP contribution is 2.39. The molecule has 0 aliphatic heterocycles. The molecule has 0 amide bonds. The van der Waals surface area contributed by atoms with E-state index in [1.165, 1.54) is 48.4 Å². The van der Waals surface area contributed by atoms with Crippen molar-refractivity contribution in [1.29, 1.82) is 0 Å². The van der Waals surface area contributed by atoms with Crippen LogP contribution in [-0.2, 0) is 0 Å². The zero-order valence-electron chi connectivity index (χ0n) is 20.6. The minimum absolute atomic E-state index is 0.709. The number of nitrogens with zero attached hydrogens (tertiary/aromatic N) is 2. The first-order valence-electron chi connectivity index (χ1n) is 12.9. The third-order valence-corrected chi connectivity index (χ3v) is 9.94. The van der Waals surface area contributed by atoms with E-state index in [9.17, 15) is 0 Å². The van der Waals surface area contributed by atoms with Gasteiger partial charge < -0.3 is 0 Å². The highest BCUT2D eigenvalue weighted by molar-refractivity contribution is 7.79. The van der Waals surface area contributed by atoms with Crippen LogP contribution in [-0.4, -0.2) is 9.38 Å². The van der Waals surface area contributed by atoms with E-state index in [4.69, 9.17) is 4.98 Å². The van der Waals surface area contributed by atoms with E-state index in [1.54, 1.807) is 0 Å². The standard InChI is InChI=1S/C35H23N2P/c1-3-12-25(13-4-1)38(26-14-5-2-6-15-26)27-20-22-29-30-21-19-24-11-7-8-16-28(24)34(30)35-36-31-17-9-10-18-32(31)37(35)33(29)23-27/h1-23H. The van der Waals surface area contributed by atoms with Crippen molar-refractivity contribution in [1.82, 2.24) is 9.38 Å². The second kappa shape index (κ2) is 8.52. The highest BCUT2D eigenvalue weighted by atomic mass is 31.1. The second-order valence-corrected chi connectivity index (χ2v) is 11.9. The van der Waals surface area contributed by atoms with Crippen LogP contribution in [0.4, 0.5) is 0 Å². The van der Waals surface area contributed by atoms with Gasteiger partial charge in [0.1, 0.15) is 5.65 Å². The lowest BCUT2D eigenvalue weighted by Gasteiger charge is -2.20. The molecule has 2 nitrogen and oxygen atoms in total. The molecule has 8 rings (SSSR count). The first kappa shape index (κ1) is 21.6. The number of aromatic nitrogens is 2. The zero-order chi connectivity index (χ0) is 25.1. The lowest BCUT2D eigenvalue weighted by molar-refractivity contribution is 1.32. The molecule has 0 saturated heterocycles. The molecule has 0 fully saturated rings. The first-order chi connectivity index (χ1) is 18.9. The molecule has 0 bridgehead atoms. The number of imidazole rings is 1. The zero-order valence-corrected chi connectivity index (χ0v) is 21.5. The number of hydrogen-bond acceptors (Lipinski definition) is 1. The molecule has 2 aromatic heterocycles. The Morgan fingerprint density at radius 1 is 0.474 bits per heavy atom. The van der Waals surface area contributed by atoms with Crippen molar-refractivity contribution >= 4 is 73.0 Å². The normalized spacial score (nSPS) is 11.9. The van der Waals surface area contributed by atoms with E-state index in [2.05, 4.69) is 144 Å². The maximum atomic E-state index is 5.20. The van der Waals surface area contributed by atoms with E-state index < -0.39 is 7.92 Å². The Labute approximate surface area is 221 Å². The summed E-state index contributed by atoms with van der Waals surface area (Å²) in [5.74, 6) is 0. The minimum Gasteiger partial charge on any atom is -0.292 e. The summed E-state index contributed by atoms with van der Waals surface area (Å²) in [6.07, 6.45) is 0. The van der Waals surface area contributed by atoms with Crippen molar-refractivity contribution in [2.75, 3.05) is 0 Å². The maximum absolute atomic E-state index is 5.20. The van der Waals surface area contributed by atoms with Gasteiger partial charge >= 0.3 is 0 Å². The second-order valence-electron chi connectivity index (χ2n) is 9.68. The van der Waals surface area contributed by atoms with Crippen LogP contribution < -0.4 is 15.9 Å². The van der Waals surface area contributed by atoms with Gasteiger partial charge in [0.2, 0.25) is 0 Å². The fourth-order valence-corrected chi connectivity index (χ4v) is 8.16. The Hall–Kier alpha value is -4.52. The van der Waals surface area contributed by atoms with Crippen molar-refractivity contribution in [3.8, 4) is 0 Å². The molecule has 0 aliphatic carbocycles. The molecule has 0 radical (unpaired) electrons. The van der Waals surface area contributed by atoms with Gasteiger partial charge in [0, 0.05) is 10.8 Å². The van der Waals surface area contributed by atoms with Gasteiger partial charge in [-0.05, 0) is 58.2 Å². The van der Waals surface area contributed by atoms with Gasteiger partial charge in [-0.15, -0.1) is 0 Å². The molecule has 3 heteroatoms. The molecule has 38 heavy (non-hydrogen) atoms. The molecule has 0 spiro atoms. The molecule has 0 saturated carbocycles. The van der Waals surface area contributed by atoms with Crippen molar-refractivity contribution in [3.05, 3.63) is 140 Å². The summed E-state index contributed by atoms with van der Waals surface area (Å²) in [6.45, 7) is 0. The molecule has 8 aromatic rings. The Morgan fingerprint density at radius 3 is 1.92 bits per heavy atom. The fourth-order valence-electron chi connectivity index (χ4n) is 5.85. The van der Waals surface area contributed by atoms with Crippen molar-refractivity contribution < 1.29 is 0 Å². The number of rotatable bonds is 3. The number of benzene rings is 6. The Kier molecular flexibility index (Phi) is 4.83. The summed E-state index contributed by atoms with van der Waals surface area (Å²) in [6, 6.07) is 50.6. The lowest BCUT2D eigenvalue weighted by atomic mass is 9.99. The van der Waals surface area contributed by atoms with Gasteiger partial charge in [-0.25, -0.2) is 4.98 Å². The average Bonchev–Trinajstić information content (AvgIpc) is 3.38. The van der Waals surface area contributed by atoms with E-state index >= 15 is 0 Å². The van der Waals surface area contributed by atoms with Crippen LogP contribution in [0.15, 0.2) is 140 Å². The van der Waals surface area contributed by atoms with E-state index in [0.29, 0.717) is 0 Å². The summed E-state index contributed by atoms with van der Waals surface area (Å²) < 4.78 is 2.38. The quantitative estimate of drug-likeness (QED) is 0.179. The molecule has 0 atom stereocenters. The average molecular weight is 503 g/mol. The summed E-state index contributed by atoms with van der Waals surface area (Å²) in [5, 5.41) is 10.2. The van der Waals surface area contributed by atoms with Gasteiger partial charge in [0.05, 0.1) is 16.6 Å². The van der Waals surface area contributed by atoms with Crippen LogP contribution in [0.5, 0.6) is 0 Å². The van der Waals surface area contributed by atoms with Crippen molar-refractivity contribution in [2.24, 2.45) is 0 Å². The van der Waals surface area contributed by atoms with E-state index in [0.717, 1.165) is 16.7 Å². The molecular formula is C35H23N2P. The summed E-state index contributed by atoms with van der Waals surface area (Å²) in [7, 11) is -0.709. The SMILES string of the molecule is c1ccc(P(c2ccccc2)c2ccc3c4ccc5ccccc5c4c4nc5ccccc5n4c3c2)cc1. The highest BCUT2D eigenvalue weighted by Gasteiger charge is 2.20. The summed E-state index contributed by atoms with van der Waals surface area (Å²) >= 11 is 0. The predicted octanol–water partition coefficient (Wildman–Crippen LogP) is 7.71. The Bertz CT molecular complexity index is 2090. The van der Waals surface area contributed by atoms with Gasteiger partial charge in [0.25, 0.3) is 0 Å². The van der Waals surface area contributed by atoms with E-state index in [1.807, 2.05) is 0 Å². The number of para-hydroxylation sites is 2. The largest absolute Gasteiger partial charge is 0.292 e. The van der Waals surface area contributed by atoms with Gasteiger partial charge in [0.15, 0.2) is 0 Å². The van der Waals surface area contributed by atoms with Crippen LogP contribution in [0.3, 0.4) is 0 Å².